The zero-order chi connectivity index (χ0) is 15.1. The minimum absolute atomic E-state index is 0.0341. The number of hydrogen-bond donors (Lipinski definition) is 2. The van der Waals surface area contributed by atoms with Crippen molar-refractivity contribution in [2.75, 3.05) is 12.3 Å². The SMILES string of the molecule is Cc1c(S(=O)(=O)N2CCCCC2C(N)=O)c(N)nn1C. The van der Waals surface area contributed by atoms with Gasteiger partial charge in [-0.25, -0.2) is 8.42 Å². The third-order valence-corrected chi connectivity index (χ3v) is 5.73. The smallest absolute Gasteiger partial charge is 0.249 e. The fourth-order valence-electron chi connectivity index (χ4n) is 2.53. The molecule has 20 heavy (non-hydrogen) atoms. The number of sulfonamides is 1. The molecule has 0 bridgehead atoms. The standard InChI is InChI=1S/C11H19N5O3S/c1-7-9(10(12)14-15(7)2)20(18,19)16-6-4-3-5-8(16)11(13)17/h8H,3-6H2,1-2H3,(H2,12,14)(H2,13,17). The van der Waals surface area contributed by atoms with Gasteiger partial charge < -0.3 is 11.5 Å². The first-order valence-corrected chi connectivity index (χ1v) is 7.81. The van der Waals surface area contributed by atoms with Crippen LogP contribution < -0.4 is 11.5 Å². The molecule has 0 radical (unpaired) electrons. The van der Waals surface area contributed by atoms with Gasteiger partial charge in [0.05, 0.1) is 5.69 Å². The lowest BCUT2D eigenvalue weighted by Crippen LogP contribution is -2.50. The van der Waals surface area contributed by atoms with Gasteiger partial charge in [-0.05, 0) is 19.8 Å². The van der Waals surface area contributed by atoms with Crippen molar-refractivity contribution in [1.29, 1.82) is 0 Å². The Balaban J connectivity index is 2.50. The lowest BCUT2D eigenvalue weighted by atomic mass is 10.0. The Labute approximate surface area is 117 Å². The highest BCUT2D eigenvalue weighted by molar-refractivity contribution is 7.89. The van der Waals surface area contributed by atoms with Gasteiger partial charge in [0.2, 0.25) is 15.9 Å². The number of aryl methyl sites for hydroxylation is 1. The molecule has 1 fully saturated rings. The van der Waals surface area contributed by atoms with Crippen LogP contribution in [0, 0.1) is 6.92 Å². The minimum atomic E-state index is -3.87. The average Bonchev–Trinajstić information content (AvgIpc) is 2.63. The molecule has 1 aliphatic heterocycles. The topological polar surface area (TPSA) is 124 Å². The number of nitrogens with two attached hydrogens (primary N) is 2. The highest BCUT2D eigenvalue weighted by atomic mass is 32.2. The molecule has 2 rings (SSSR count). The van der Waals surface area contributed by atoms with Gasteiger partial charge >= 0.3 is 0 Å². The minimum Gasteiger partial charge on any atom is -0.381 e. The van der Waals surface area contributed by atoms with Gasteiger partial charge in [-0.1, -0.05) is 6.42 Å². The first kappa shape index (κ1) is 14.8. The fourth-order valence-corrected chi connectivity index (χ4v) is 4.49. The number of nitrogen functional groups attached to an aromatic ring is 1. The molecule has 112 valence electrons. The van der Waals surface area contributed by atoms with Crippen LogP contribution >= 0.6 is 0 Å². The van der Waals surface area contributed by atoms with Crippen LogP contribution in [0.25, 0.3) is 0 Å². The van der Waals surface area contributed by atoms with Crippen molar-refractivity contribution in [1.82, 2.24) is 14.1 Å². The van der Waals surface area contributed by atoms with Crippen LogP contribution in [-0.4, -0.2) is 41.0 Å². The number of piperidine rings is 1. The van der Waals surface area contributed by atoms with Crippen molar-refractivity contribution in [2.24, 2.45) is 12.8 Å². The highest BCUT2D eigenvalue weighted by Crippen LogP contribution is 2.30. The molecule has 2 heterocycles. The van der Waals surface area contributed by atoms with Gasteiger partial charge in [-0.15, -0.1) is 0 Å². The molecule has 1 atom stereocenters. The molecule has 8 nitrogen and oxygen atoms in total. The normalized spacial score (nSPS) is 21.0. The van der Waals surface area contributed by atoms with Gasteiger partial charge in [0.15, 0.2) is 5.82 Å². The summed E-state index contributed by atoms with van der Waals surface area (Å²) in [4.78, 5) is 11.4. The van der Waals surface area contributed by atoms with Crippen molar-refractivity contribution in [3.05, 3.63) is 5.69 Å². The maximum absolute atomic E-state index is 12.7. The molecule has 1 saturated heterocycles. The number of carbonyl (C=O) groups is 1. The molecule has 1 aromatic rings. The van der Waals surface area contributed by atoms with Crippen LogP contribution in [0.5, 0.6) is 0 Å². The van der Waals surface area contributed by atoms with E-state index in [9.17, 15) is 13.2 Å². The molecule has 1 amide bonds. The Hall–Kier alpha value is -1.61. The Kier molecular flexibility index (Phi) is 3.74. The van der Waals surface area contributed by atoms with E-state index in [1.165, 1.54) is 4.68 Å². The number of aromatic nitrogens is 2. The fraction of sp³-hybridized carbons (Fsp3) is 0.636. The number of anilines is 1. The van der Waals surface area contributed by atoms with Crippen LogP contribution in [0.15, 0.2) is 4.90 Å². The van der Waals surface area contributed by atoms with Crippen molar-refractivity contribution in [3.8, 4) is 0 Å². The first-order chi connectivity index (χ1) is 9.26. The van der Waals surface area contributed by atoms with Crippen molar-refractivity contribution in [3.63, 3.8) is 0 Å². The van der Waals surface area contributed by atoms with Crippen molar-refractivity contribution >= 4 is 21.7 Å². The zero-order valence-electron chi connectivity index (χ0n) is 11.5. The molecule has 1 aliphatic rings. The van der Waals surface area contributed by atoms with Gasteiger partial charge in [-0.3, -0.25) is 9.48 Å². The summed E-state index contributed by atoms with van der Waals surface area (Å²) in [5.41, 5.74) is 11.5. The molecular formula is C11H19N5O3S. The van der Waals surface area contributed by atoms with Crippen LogP contribution in [0.4, 0.5) is 5.82 Å². The average molecular weight is 301 g/mol. The molecule has 0 spiro atoms. The number of carbonyl (C=O) groups excluding carboxylic acids is 1. The van der Waals surface area contributed by atoms with E-state index in [-0.39, 0.29) is 17.3 Å². The summed E-state index contributed by atoms with van der Waals surface area (Å²) < 4.78 is 28.0. The lowest BCUT2D eigenvalue weighted by molar-refractivity contribution is -0.122. The summed E-state index contributed by atoms with van der Waals surface area (Å²) >= 11 is 0. The molecule has 0 aliphatic carbocycles. The molecule has 9 heteroatoms. The van der Waals surface area contributed by atoms with E-state index in [1.807, 2.05) is 0 Å². The van der Waals surface area contributed by atoms with E-state index in [0.29, 0.717) is 18.5 Å². The second kappa shape index (κ2) is 5.06. The van der Waals surface area contributed by atoms with Gasteiger partial charge in [0, 0.05) is 13.6 Å². The monoisotopic (exact) mass is 301 g/mol. The maximum Gasteiger partial charge on any atom is 0.249 e. The Morgan fingerprint density at radius 3 is 2.55 bits per heavy atom. The Bertz CT molecular complexity index is 637. The van der Waals surface area contributed by atoms with Crippen LogP contribution in [0.3, 0.4) is 0 Å². The molecular weight excluding hydrogens is 282 g/mol. The number of amides is 1. The number of rotatable bonds is 3. The van der Waals surface area contributed by atoms with E-state index in [2.05, 4.69) is 5.10 Å². The van der Waals surface area contributed by atoms with Crippen LogP contribution in [0.2, 0.25) is 0 Å². The Morgan fingerprint density at radius 2 is 2.05 bits per heavy atom. The third-order valence-electron chi connectivity index (χ3n) is 3.65. The summed E-state index contributed by atoms with van der Waals surface area (Å²) in [6.07, 6.45) is 1.91. The summed E-state index contributed by atoms with van der Waals surface area (Å²) in [7, 11) is -2.26. The van der Waals surface area contributed by atoms with E-state index in [1.54, 1.807) is 14.0 Å². The van der Waals surface area contributed by atoms with E-state index in [4.69, 9.17) is 11.5 Å². The number of nitrogens with zero attached hydrogens (tertiary/aromatic N) is 3. The maximum atomic E-state index is 12.7. The van der Waals surface area contributed by atoms with Crippen molar-refractivity contribution in [2.45, 2.75) is 37.1 Å². The predicted octanol–water partition coefficient (Wildman–Crippen LogP) is -0.661. The largest absolute Gasteiger partial charge is 0.381 e. The second-order valence-electron chi connectivity index (χ2n) is 4.95. The summed E-state index contributed by atoms with van der Waals surface area (Å²) in [6, 6.07) is -0.812. The molecule has 0 aromatic carbocycles. The third kappa shape index (κ3) is 2.27. The summed E-state index contributed by atoms with van der Waals surface area (Å²) in [5, 5.41) is 3.91. The predicted molar refractivity (Wildman–Crippen MR) is 73.1 cm³/mol. The molecule has 4 N–H and O–H groups in total. The van der Waals surface area contributed by atoms with E-state index >= 15 is 0 Å². The Morgan fingerprint density at radius 1 is 1.40 bits per heavy atom. The summed E-state index contributed by atoms with van der Waals surface area (Å²) in [6.45, 7) is 1.89. The van der Waals surface area contributed by atoms with Gasteiger partial charge in [-0.2, -0.15) is 9.40 Å². The summed E-state index contributed by atoms with van der Waals surface area (Å²) in [5.74, 6) is -0.688. The van der Waals surface area contributed by atoms with Crippen LogP contribution in [0.1, 0.15) is 25.0 Å². The van der Waals surface area contributed by atoms with E-state index in [0.717, 1.165) is 10.7 Å². The van der Waals surface area contributed by atoms with Crippen molar-refractivity contribution < 1.29 is 13.2 Å². The van der Waals surface area contributed by atoms with E-state index < -0.39 is 22.0 Å². The van der Waals surface area contributed by atoms with Gasteiger partial charge in [0.25, 0.3) is 0 Å². The quantitative estimate of drug-likeness (QED) is 0.766. The van der Waals surface area contributed by atoms with Gasteiger partial charge in [0.1, 0.15) is 10.9 Å². The molecule has 1 unspecified atom stereocenters. The zero-order valence-corrected chi connectivity index (χ0v) is 12.4. The first-order valence-electron chi connectivity index (χ1n) is 6.37. The number of hydrogen-bond acceptors (Lipinski definition) is 5. The van der Waals surface area contributed by atoms with Crippen LogP contribution in [-0.2, 0) is 21.9 Å². The number of primary amides is 1. The molecule has 0 saturated carbocycles. The molecule has 1 aromatic heterocycles. The highest BCUT2D eigenvalue weighted by Gasteiger charge is 2.39. The lowest BCUT2D eigenvalue weighted by Gasteiger charge is -2.32. The second-order valence-corrected chi connectivity index (χ2v) is 6.78.